The quantitative estimate of drug-likeness (QED) is 0.0765. The highest BCUT2D eigenvalue weighted by atomic mass is 16.6. The fourth-order valence-electron chi connectivity index (χ4n) is 4.52. The Morgan fingerprint density at radius 1 is 0.702 bits per heavy atom. The van der Waals surface area contributed by atoms with E-state index >= 15 is 0 Å². The molecule has 0 heterocycles. The molecule has 3 N–H and O–H groups in total. The Balaban J connectivity index is 2.39. The number of hydrogen-bond donors (Lipinski definition) is 3. The lowest BCUT2D eigenvalue weighted by Gasteiger charge is -2.23. The summed E-state index contributed by atoms with van der Waals surface area (Å²) >= 11 is 0. The molecule has 1 amide bonds. The summed E-state index contributed by atoms with van der Waals surface area (Å²) < 4.78 is 16.5. The lowest BCUT2D eigenvalue weighted by Crippen LogP contribution is -2.41. The maximum absolute atomic E-state index is 13.0. The molecule has 0 bridgehead atoms. The molecule has 47 heavy (non-hydrogen) atoms. The normalized spacial score (nSPS) is 12.8. The van der Waals surface area contributed by atoms with Crippen molar-refractivity contribution in [1.82, 2.24) is 5.32 Å². The van der Waals surface area contributed by atoms with Crippen molar-refractivity contribution in [2.75, 3.05) is 6.61 Å². The van der Waals surface area contributed by atoms with E-state index in [9.17, 15) is 33.9 Å². The minimum absolute atomic E-state index is 0.138. The van der Waals surface area contributed by atoms with E-state index in [2.05, 4.69) is 5.32 Å². The van der Waals surface area contributed by atoms with Crippen LogP contribution in [0.3, 0.4) is 0 Å². The Bertz CT molecular complexity index is 1180. The summed E-state index contributed by atoms with van der Waals surface area (Å²) in [4.78, 5) is 72.5. The number of amides is 1. The highest BCUT2D eigenvalue weighted by molar-refractivity contribution is 5.99. The number of carbonyl (C=O) groups is 6. The first-order valence-electron chi connectivity index (χ1n) is 16.3. The van der Waals surface area contributed by atoms with E-state index in [-0.39, 0.29) is 37.4 Å². The van der Waals surface area contributed by atoms with Gasteiger partial charge in [0.05, 0.1) is 12.2 Å². The van der Waals surface area contributed by atoms with Crippen LogP contribution in [0.2, 0.25) is 0 Å². The predicted molar refractivity (Wildman–Crippen MR) is 174 cm³/mol. The number of unbranched alkanes of at least 4 members (excludes halogenated alkanes) is 6. The standard InChI is InChI=1S/C35H53NO11/c1-34(2,3)46-32(43)24-15-17-25(18-16-24)45-23-13-11-9-7-8-10-12-14-28(37)26(33(44)47-35(4,5)6)19-21-29(38)36-27(31(41)42)20-22-30(39)40/h15-18,26-27H,7-14,19-23H2,1-6H3,(H,36,38)(H,39,40)(H,41,42)/t26?,27-/m0/s1. The zero-order valence-electron chi connectivity index (χ0n) is 28.7. The molecule has 1 aromatic rings. The Morgan fingerprint density at radius 2 is 1.26 bits per heavy atom. The van der Waals surface area contributed by atoms with Crippen LogP contribution in [-0.2, 0) is 33.4 Å². The van der Waals surface area contributed by atoms with Crippen LogP contribution >= 0.6 is 0 Å². The smallest absolute Gasteiger partial charge is 0.338 e. The molecule has 12 heteroatoms. The fourth-order valence-corrected chi connectivity index (χ4v) is 4.52. The van der Waals surface area contributed by atoms with Crippen LogP contribution in [0.1, 0.15) is 129 Å². The average molecular weight is 664 g/mol. The molecule has 12 nitrogen and oxygen atoms in total. The largest absolute Gasteiger partial charge is 0.494 e. The van der Waals surface area contributed by atoms with Gasteiger partial charge in [0.2, 0.25) is 5.91 Å². The van der Waals surface area contributed by atoms with E-state index in [0.29, 0.717) is 24.3 Å². The Labute approximate surface area is 277 Å². The zero-order valence-corrected chi connectivity index (χ0v) is 28.7. The first kappa shape index (κ1) is 41.1. The molecule has 0 aromatic heterocycles. The van der Waals surface area contributed by atoms with Gasteiger partial charge in [-0.2, -0.15) is 0 Å². The molecule has 0 saturated carbocycles. The van der Waals surface area contributed by atoms with Crippen LogP contribution < -0.4 is 10.1 Å². The lowest BCUT2D eigenvalue weighted by molar-refractivity contribution is -0.162. The number of carboxylic acids is 2. The van der Waals surface area contributed by atoms with Crippen molar-refractivity contribution in [3.63, 3.8) is 0 Å². The van der Waals surface area contributed by atoms with E-state index in [4.69, 9.17) is 19.3 Å². The van der Waals surface area contributed by atoms with Crippen LogP contribution in [0.5, 0.6) is 5.75 Å². The van der Waals surface area contributed by atoms with E-state index in [1.807, 2.05) is 20.8 Å². The van der Waals surface area contributed by atoms with Crippen molar-refractivity contribution in [2.24, 2.45) is 5.92 Å². The summed E-state index contributed by atoms with van der Waals surface area (Å²) in [6.07, 6.45) is 5.19. The number of aliphatic carboxylic acids is 2. The van der Waals surface area contributed by atoms with E-state index in [1.54, 1.807) is 45.0 Å². The van der Waals surface area contributed by atoms with Crippen LogP contribution in [0, 0.1) is 5.92 Å². The van der Waals surface area contributed by atoms with Gasteiger partial charge in [-0.1, -0.05) is 32.1 Å². The van der Waals surface area contributed by atoms with Gasteiger partial charge >= 0.3 is 23.9 Å². The minimum atomic E-state index is -1.38. The van der Waals surface area contributed by atoms with Crippen LogP contribution in [-0.4, -0.2) is 69.6 Å². The number of ether oxygens (including phenoxy) is 3. The van der Waals surface area contributed by atoms with Gasteiger partial charge in [-0.05, 0) is 91.5 Å². The maximum Gasteiger partial charge on any atom is 0.338 e. The number of ketones is 1. The Hall–Kier alpha value is -3.96. The molecule has 0 saturated heterocycles. The van der Waals surface area contributed by atoms with E-state index < -0.39 is 53.4 Å². The van der Waals surface area contributed by atoms with Gasteiger partial charge in [0.25, 0.3) is 0 Å². The molecular weight excluding hydrogens is 610 g/mol. The Morgan fingerprint density at radius 3 is 1.79 bits per heavy atom. The monoisotopic (exact) mass is 663 g/mol. The molecule has 1 unspecified atom stereocenters. The van der Waals surface area contributed by atoms with Crippen LogP contribution in [0.15, 0.2) is 24.3 Å². The molecule has 0 radical (unpaired) electrons. The van der Waals surface area contributed by atoms with Gasteiger partial charge in [0.15, 0.2) is 0 Å². The summed E-state index contributed by atoms with van der Waals surface area (Å²) in [5.41, 5.74) is -0.916. The number of hydrogen-bond acceptors (Lipinski definition) is 9. The van der Waals surface area contributed by atoms with Gasteiger partial charge in [0.1, 0.15) is 34.7 Å². The highest BCUT2D eigenvalue weighted by Gasteiger charge is 2.31. The topological polar surface area (TPSA) is 183 Å². The van der Waals surface area contributed by atoms with Crippen molar-refractivity contribution in [2.45, 2.75) is 136 Å². The van der Waals surface area contributed by atoms with E-state index in [0.717, 1.165) is 38.5 Å². The van der Waals surface area contributed by atoms with Crippen molar-refractivity contribution < 1.29 is 53.2 Å². The summed E-state index contributed by atoms with van der Waals surface area (Å²) in [6.45, 7) is 11.0. The molecule has 264 valence electrons. The number of carbonyl (C=O) groups excluding carboxylic acids is 4. The molecule has 0 spiro atoms. The molecule has 0 fully saturated rings. The average Bonchev–Trinajstić information content (AvgIpc) is 2.94. The Kier molecular flexibility index (Phi) is 17.7. The fraction of sp³-hybridized carbons (Fsp3) is 0.657. The number of nitrogens with one attached hydrogen (secondary N) is 1. The minimum Gasteiger partial charge on any atom is -0.494 e. The van der Waals surface area contributed by atoms with E-state index in [1.165, 1.54) is 0 Å². The zero-order chi connectivity index (χ0) is 35.6. The van der Waals surface area contributed by atoms with Crippen LogP contribution in [0.25, 0.3) is 0 Å². The van der Waals surface area contributed by atoms with Crippen molar-refractivity contribution in [1.29, 1.82) is 0 Å². The van der Waals surface area contributed by atoms with Gasteiger partial charge in [-0.25, -0.2) is 9.59 Å². The highest BCUT2D eigenvalue weighted by Crippen LogP contribution is 2.20. The SMILES string of the molecule is CC(C)(C)OC(=O)c1ccc(OCCCCCCCCCC(=O)C(CCC(=O)N[C@@H](CCC(=O)O)C(=O)O)C(=O)OC(C)(C)C)cc1. The van der Waals surface area contributed by atoms with Gasteiger partial charge in [-0.3, -0.25) is 19.2 Å². The van der Waals surface area contributed by atoms with Gasteiger partial charge in [-0.15, -0.1) is 0 Å². The molecule has 2 atom stereocenters. The van der Waals surface area contributed by atoms with Gasteiger partial charge in [0, 0.05) is 19.3 Å². The number of carboxylic acid groups (broad SMARTS) is 2. The molecule has 0 aliphatic rings. The third-order valence-corrected chi connectivity index (χ3v) is 6.85. The molecule has 1 rings (SSSR count). The summed E-state index contributed by atoms with van der Waals surface area (Å²) in [5, 5.41) is 20.3. The van der Waals surface area contributed by atoms with Crippen LogP contribution in [0.4, 0.5) is 0 Å². The van der Waals surface area contributed by atoms with Crippen molar-refractivity contribution in [3.05, 3.63) is 29.8 Å². The van der Waals surface area contributed by atoms with Gasteiger partial charge < -0.3 is 29.7 Å². The first-order valence-corrected chi connectivity index (χ1v) is 16.3. The number of rotatable bonds is 22. The van der Waals surface area contributed by atoms with Crippen molar-refractivity contribution >= 4 is 35.6 Å². The summed E-state index contributed by atoms with van der Waals surface area (Å²) in [6, 6.07) is 5.49. The number of Topliss-reactive ketones (excluding diaryl/α,β-unsaturated/α-hetero) is 1. The molecule has 1 aromatic carbocycles. The summed E-state index contributed by atoms with van der Waals surface area (Å²) in [5.74, 6) is -5.14. The molecule has 0 aliphatic carbocycles. The predicted octanol–water partition coefficient (Wildman–Crippen LogP) is 5.88. The summed E-state index contributed by atoms with van der Waals surface area (Å²) in [7, 11) is 0. The second kappa shape index (κ2) is 20.3. The second-order valence-corrected chi connectivity index (χ2v) is 13.6. The van der Waals surface area contributed by atoms with Crippen molar-refractivity contribution in [3.8, 4) is 5.75 Å². The lowest BCUT2D eigenvalue weighted by atomic mass is 9.93. The first-order chi connectivity index (χ1) is 21.9. The molecule has 0 aliphatic heterocycles. The third-order valence-electron chi connectivity index (χ3n) is 6.85. The molecular formula is C35H53NO11. The number of benzene rings is 1. The second-order valence-electron chi connectivity index (χ2n) is 13.6. The third kappa shape index (κ3) is 19.3. The maximum atomic E-state index is 13.0. The number of esters is 2.